The fourth-order valence-corrected chi connectivity index (χ4v) is 2.63. The molecule has 0 unspecified atom stereocenters. The number of anilines is 1. The topological polar surface area (TPSA) is 104 Å². The van der Waals surface area contributed by atoms with Gasteiger partial charge in [-0.2, -0.15) is 0 Å². The second kappa shape index (κ2) is 8.48. The monoisotopic (exact) mass is 351 g/mol. The van der Waals surface area contributed by atoms with Crippen LogP contribution in [0, 0.1) is 17.0 Å². The van der Waals surface area contributed by atoms with Crippen LogP contribution in [0.15, 0.2) is 23.6 Å². The van der Waals surface area contributed by atoms with Crippen molar-refractivity contribution in [3.63, 3.8) is 0 Å². The number of nitrogens with one attached hydrogen (secondary N) is 1. The molecule has 0 bridgehead atoms. The number of benzene rings is 1. The Labute approximate surface area is 142 Å². The molecule has 0 aliphatic heterocycles. The average Bonchev–Trinajstić information content (AvgIpc) is 3.00. The number of aryl methyl sites for hydroxylation is 1. The van der Waals surface area contributed by atoms with Crippen LogP contribution in [0.2, 0.25) is 0 Å². The highest BCUT2D eigenvalue weighted by Gasteiger charge is 2.14. The molecule has 0 atom stereocenters. The highest BCUT2D eigenvalue weighted by Crippen LogP contribution is 2.29. The van der Waals surface area contributed by atoms with Gasteiger partial charge < -0.3 is 9.47 Å². The van der Waals surface area contributed by atoms with E-state index in [0.717, 1.165) is 0 Å². The number of thiazole rings is 1. The van der Waals surface area contributed by atoms with E-state index in [2.05, 4.69) is 10.3 Å². The predicted octanol–water partition coefficient (Wildman–Crippen LogP) is 2.63. The molecule has 24 heavy (non-hydrogen) atoms. The second-order valence-electron chi connectivity index (χ2n) is 4.89. The molecule has 0 radical (unpaired) electrons. The van der Waals surface area contributed by atoms with Crippen molar-refractivity contribution in [2.24, 2.45) is 0 Å². The molecule has 0 fully saturated rings. The number of carbonyl (C=O) groups excluding carboxylic acids is 1. The van der Waals surface area contributed by atoms with Crippen LogP contribution in [-0.2, 0) is 14.3 Å². The van der Waals surface area contributed by atoms with Crippen LogP contribution in [0.25, 0.3) is 11.3 Å². The maximum atomic E-state index is 11.7. The standard InChI is InChI=1S/C15H17N3O5S/c1-10-3-4-11(7-13(10)18(20)21)12-9-24-15(16-12)17-14(19)8-23-6-5-22-2/h3-4,7,9H,5-6,8H2,1-2H3,(H,16,17,19). The Hall–Kier alpha value is -2.36. The van der Waals surface area contributed by atoms with E-state index in [1.165, 1.54) is 17.4 Å². The molecule has 128 valence electrons. The first-order valence-electron chi connectivity index (χ1n) is 7.08. The van der Waals surface area contributed by atoms with Gasteiger partial charge in [0.2, 0.25) is 0 Å². The minimum atomic E-state index is -0.425. The lowest BCUT2D eigenvalue weighted by molar-refractivity contribution is -0.385. The maximum Gasteiger partial charge on any atom is 0.272 e. The van der Waals surface area contributed by atoms with E-state index < -0.39 is 4.92 Å². The van der Waals surface area contributed by atoms with Gasteiger partial charge in [-0.05, 0) is 6.92 Å². The highest BCUT2D eigenvalue weighted by atomic mass is 32.1. The number of aromatic nitrogens is 1. The minimum Gasteiger partial charge on any atom is -0.382 e. The molecule has 2 rings (SSSR count). The smallest absolute Gasteiger partial charge is 0.272 e. The molecule has 0 spiro atoms. The summed E-state index contributed by atoms with van der Waals surface area (Å²) in [5.74, 6) is -0.318. The van der Waals surface area contributed by atoms with Gasteiger partial charge in [0.05, 0.1) is 23.8 Å². The van der Waals surface area contributed by atoms with Gasteiger partial charge >= 0.3 is 0 Å². The zero-order valence-electron chi connectivity index (χ0n) is 13.3. The van der Waals surface area contributed by atoms with E-state index >= 15 is 0 Å². The number of hydrogen-bond donors (Lipinski definition) is 1. The lowest BCUT2D eigenvalue weighted by atomic mass is 10.1. The number of rotatable bonds is 8. The van der Waals surface area contributed by atoms with E-state index in [1.807, 2.05) is 0 Å². The first kappa shape index (κ1) is 18.0. The first-order chi connectivity index (χ1) is 11.5. The fraction of sp³-hybridized carbons (Fsp3) is 0.333. The number of hydrogen-bond acceptors (Lipinski definition) is 7. The van der Waals surface area contributed by atoms with E-state index in [1.54, 1.807) is 31.5 Å². The van der Waals surface area contributed by atoms with Crippen molar-refractivity contribution in [3.8, 4) is 11.3 Å². The van der Waals surface area contributed by atoms with Crippen LogP contribution >= 0.6 is 11.3 Å². The summed E-state index contributed by atoms with van der Waals surface area (Å²) < 4.78 is 9.93. The van der Waals surface area contributed by atoms with Crippen LogP contribution in [0.3, 0.4) is 0 Å². The quantitative estimate of drug-likeness (QED) is 0.445. The predicted molar refractivity (Wildman–Crippen MR) is 90.3 cm³/mol. The zero-order valence-corrected chi connectivity index (χ0v) is 14.1. The number of nitro groups is 1. The van der Waals surface area contributed by atoms with E-state index in [0.29, 0.717) is 35.2 Å². The van der Waals surface area contributed by atoms with Crippen molar-refractivity contribution in [2.75, 3.05) is 32.2 Å². The summed E-state index contributed by atoms with van der Waals surface area (Å²) in [6.07, 6.45) is 0. The van der Waals surface area contributed by atoms with Crippen LogP contribution in [0.4, 0.5) is 10.8 Å². The van der Waals surface area contributed by atoms with Crippen molar-refractivity contribution >= 4 is 28.1 Å². The molecule has 1 aromatic heterocycles. The Morgan fingerprint density at radius 2 is 2.21 bits per heavy atom. The molecule has 1 N–H and O–H groups in total. The summed E-state index contributed by atoms with van der Waals surface area (Å²) >= 11 is 1.24. The molecule has 0 saturated heterocycles. The van der Waals surface area contributed by atoms with Crippen molar-refractivity contribution in [1.82, 2.24) is 4.98 Å². The molecule has 0 aliphatic carbocycles. The summed E-state index contributed by atoms with van der Waals surface area (Å²) in [5.41, 5.74) is 1.82. The van der Waals surface area contributed by atoms with E-state index in [4.69, 9.17) is 9.47 Å². The molecule has 2 aromatic rings. The third-order valence-corrected chi connectivity index (χ3v) is 3.87. The molecule has 1 aromatic carbocycles. The summed E-state index contributed by atoms with van der Waals surface area (Å²) in [5, 5.41) is 15.8. The van der Waals surface area contributed by atoms with Gasteiger partial charge in [0, 0.05) is 29.7 Å². The lowest BCUT2D eigenvalue weighted by Gasteiger charge is -2.03. The molecule has 9 heteroatoms. The van der Waals surface area contributed by atoms with Gasteiger partial charge in [-0.15, -0.1) is 11.3 Å². The molecule has 8 nitrogen and oxygen atoms in total. The van der Waals surface area contributed by atoms with E-state index in [9.17, 15) is 14.9 Å². The van der Waals surface area contributed by atoms with Crippen molar-refractivity contribution in [2.45, 2.75) is 6.92 Å². The van der Waals surface area contributed by atoms with E-state index in [-0.39, 0.29) is 18.2 Å². The Bertz CT molecular complexity index is 732. The lowest BCUT2D eigenvalue weighted by Crippen LogP contribution is -2.19. The molecule has 1 amide bonds. The van der Waals surface area contributed by atoms with Gasteiger partial charge in [0.1, 0.15) is 6.61 Å². The second-order valence-corrected chi connectivity index (χ2v) is 5.75. The summed E-state index contributed by atoms with van der Waals surface area (Å²) in [6.45, 7) is 2.34. The zero-order chi connectivity index (χ0) is 17.5. The molecular weight excluding hydrogens is 334 g/mol. The summed E-state index contributed by atoms with van der Waals surface area (Å²) in [4.78, 5) is 26.6. The maximum absolute atomic E-state index is 11.7. The molecular formula is C15H17N3O5S. The Morgan fingerprint density at radius 3 is 2.92 bits per heavy atom. The Morgan fingerprint density at radius 1 is 1.42 bits per heavy atom. The van der Waals surface area contributed by atoms with Gasteiger partial charge in [-0.1, -0.05) is 12.1 Å². The summed E-state index contributed by atoms with van der Waals surface area (Å²) in [7, 11) is 1.55. The van der Waals surface area contributed by atoms with Crippen LogP contribution < -0.4 is 5.32 Å². The molecule has 0 aliphatic rings. The number of amides is 1. The normalized spacial score (nSPS) is 10.6. The number of methoxy groups -OCH3 is 1. The Balaban J connectivity index is 2.01. The van der Waals surface area contributed by atoms with Gasteiger partial charge in [-0.25, -0.2) is 4.98 Å². The highest BCUT2D eigenvalue weighted by molar-refractivity contribution is 7.14. The van der Waals surface area contributed by atoms with Crippen LogP contribution in [-0.4, -0.2) is 42.7 Å². The van der Waals surface area contributed by atoms with Crippen LogP contribution in [0.1, 0.15) is 5.56 Å². The SMILES string of the molecule is COCCOCC(=O)Nc1nc(-c2ccc(C)c([N+](=O)[O-])c2)cs1. The van der Waals surface area contributed by atoms with Gasteiger partial charge in [0.15, 0.2) is 5.13 Å². The van der Waals surface area contributed by atoms with Crippen LogP contribution in [0.5, 0.6) is 0 Å². The fourth-order valence-electron chi connectivity index (χ4n) is 1.89. The van der Waals surface area contributed by atoms with Gasteiger partial charge in [-0.3, -0.25) is 20.2 Å². The minimum absolute atomic E-state index is 0.0395. The number of nitrogens with zero attached hydrogens (tertiary/aromatic N) is 2. The third kappa shape index (κ3) is 4.82. The number of ether oxygens (including phenoxy) is 2. The largest absolute Gasteiger partial charge is 0.382 e. The number of nitro benzene ring substituents is 1. The van der Waals surface area contributed by atoms with Crippen molar-refractivity contribution in [1.29, 1.82) is 0 Å². The number of carbonyl (C=O) groups is 1. The third-order valence-electron chi connectivity index (χ3n) is 3.12. The van der Waals surface area contributed by atoms with Gasteiger partial charge in [0.25, 0.3) is 11.6 Å². The van der Waals surface area contributed by atoms with Crippen molar-refractivity contribution < 1.29 is 19.2 Å². The first-order valence-corrected chi connectivity index (χ1v) is 7.96. The Kier molecular flexibility index (Phi) is 6.36. The van der Waals surface area contributed by atoms with Crippen molar-refractivity contribution in [3.05, 3.63) is 39.3 Å². The molecule has 1 heterocycles. The summed E-state index contributed by atoms with van der Waals surface area (Å²) in [6, 6.07) is 4.91. The average molecular weight is 351 g/mol. The molecule has 0 saturated carbocycles.